The van der Waals surface area contributed by atoms with Crippen molar-refractivity contribution >= 4 is 11.8 Å². The Balaban J connectivity index is 2.16. The molecule has 1 aromatic rings. The minimum absolute atomic E-state index is 0.0271. The summed E-state index contributed by atoms with van der Waals surface area (Å²) in [6.45, 7) is 0.545. The van der Waals surface area contributed by atoms with Crippen molar-refractivity contribution in [1.29, 1.82) is 0 Å². The summed E-state index contributed by atoms with van der Waals surface area (Å²) in [6, 6.07) is 4.62. The van der Waals surface area contributed by atoms with Crippen molar-refractivity contribution < 1.29 is 13.9 Å². The molecule has 0 saturated carbocycles. The fourth-order valence-corrected chi connectivity index (χ4v) is 2.30. The fraction of sp³-hybridized carbons (Fsp3) is 0.400. The van der Waals surface area contributed by atoms with Crippen LogP contribution in [0.25, 0.3) is 0 Å². The lowest BCUT2D eigenvalue weighted by atomic mass is 10.3. The number of rotatable bonds is 2. The molecule has 2 rings (SSSR count). The van der Waals surface area contributed by atoms with Gasteiger partial charge in [0.1, 0.15) is 17.7 Å². The summed E-state index contributed by atoms with van der Waals surface area (Å²) < 4.78 is 23.4. The number of hydrogen-bond acceptors (Lipinski definition) is 3. The van der Waals surface area contributed by atoms with Gasteiger partial charge in [-0.25, -0.2) is 4.39 Å². The van der Waals surface area contributed by atoms with Crippen LogP contribution in [0.4, 0.5) is 4.39 Å². The maximum absolute atomic E-state index is 12.9. The average Bonchev–Trinajstić information content (AvgIpc) is 2.17. The molecular formula is C10H11FO2S. The summed E-state index contributed by atoms with van der Waals surface area (Å²) in [5, 5.41) is 0. The number of thioether (sulfide) groups is 1. The third kappa shape index (κ3) is 2.01. The van der Waals surface area contributed by atoms with E-state index in [2.05, 4.69) is 0 Å². The van der Waals surface area contributed by atoms with Gasteiger partial charge in [0.05, 0.1) is 6.61 Å². The predicted molar refractivity (Wildman–Crippen MR) is 53.4 cm³/mol. The zero-order valence-corrected chi connectivity index (χ0v) is 8.64. The van der Waals surface area contributed by atoms with Gasteiger partial charge in [0, 0.05) is 23.8 Å². The standard InChI is InChI=1S/C10H11FO2S/c1-12-5-8-6-14-10-3-2-7(11)4-9(10)13-8/h2-4,8H,5-6H2,1H3/t8-/m1/s1. The van der Waals surface area contributed by atoms with Gasteiger partial charge in [-0.3, -0.25) is 0 Å². The van der Waals surface area contributed by atoms with Crippen molar-refractivity contribution in [2.45, 2.75) is 11.0 Å². The quantitative estimate of drug-likeness (QED) is 0.752. The topological polar surface area (TPSA) is 18.5 Å². The van der Waals surface area contributed by atoms with Gasteiger partial charge >= 0.3 is 0 Å². The van der Waals surface area contributed by atoms with E-state index in [0.29, 0.717) is 12.4 Å². The van der Waals surface area contributed by atoms with Crippen LogP contribution in [0.2, 0.25) is 0 Å². The highest BCUT2D eigenvalue weighted by molar-refractivity contribution is 7.99. The molecule has 1 aliphatic rings. The molecular weight excluding hydrogens is 203 g/mol. The Bertz CT molecular complexity index is 330. The summed E-state index contributed by atoms with van der Waals surface area (Å²) in [6.07, 6.45) is 0.0271. The molecule has 0 saturated heterocycles. The van der Waals surface area contributed by atoms with Gasteiger partial charge in [-0.2, -0.15) is 0 Å². The molecule has 1 aromatic carbocycles. The van der Waals surface area contributed by atoms with E-state index in [4.69, 9.17) is 9.47 Å². The molecule has 0 radical (unpaired) electrons. The molecule has 2 nitrogen and oxygen atoms in total. The van der Waals surface area contributed by atoms with E-state index >= 15 is 0 Å². The van der Waals surface area contributed by atoms with Crippen LogP contribution < -0.4 is 4.74 Å². The Hall–Kier alpha value is -0.740. The summed E-state index contributed by atoms with van der Waals surface area (Å²) in [4.78, 5) is 0.999. The number of fused-ring (bicyclic) bond motifs is 1. The maximum Gasteiger partial charge on any atom is 0.136 e. The minimum Gasteiger partial charge on any atom is -0.486 e. The van der Waals surface area contributed by atoms with Crippen LogP contribution >= 0.6 is 11.8 Å². The van der Waals surface area contributed by atoms with E-state index in [1.807, 2.05) is 0 Å². The molecule has 14 heavy (non-hydrogen) atoms. The van der Waals surface area contributed by atoms with Crippen LogP contribution in [0.5, 0.6) is 5.75 Å². The van der Waals surface area contributed by atoms with Crippen molar-refractivity contribution in [2.24, 2.45) is 0 Å². The monoisotopic (exact) mass is 214 g/mol. The largest absolute Gasteiger partial charge is 0.486 e. The highest BCUT2D eigenvalue weighted by Gasteiger charge is 2.20. The molecule has 0 fully saturated rings. The van der Waals surface area contributed by atoms with Crippen molar-refractivity contribution in [3.8, 4) is 5.75 Å². The first-order chi connectivity index (χ1) is 6.79. The third-order valence-electron chi connectivity index (χ3n) is 1.98. The fourth-order valence-electron chi connectivity index (χ4n) is 1.36. The molecule has 0 amide bonds. The van der Waals surface area contributed by atoms with Crippen molar-refractivity contribution in [3.05, 3.63) is 24.0 Å². The van der Waals surface area contributed by atoms with Gasteiger partial charge in [-0.05, 0) is 12.1 Å². The Labute approximate surface area is 86.4 Å². The first-order valence-corrected chi connectivity index (χ1v) is 5.36. The number of methoxy groups -OCH3 is 1. The molecule has 76 valence electrons. The van der Waals surface area contributed by atoms with E-state index in [1.165, 1.54) is 12.1 Å². The molecule has 4 heteroatoms. The number of ether oxygens (including phenoxy) is 2. The Morgan fingerprint density at radius 1 is 1.64 bits per heavy atom. The number of benzene rings is 1. The summed E-state index contributed by atoms with van der Waals surface area (Å²) in [5.74, 6) is 1.22. The first-order valence-electron chi connectivity index (χ1n) is 4.37. The van der Waals surface area contributed by atoms with Gasteiger partial charge in [-0.15, -0.1) is 11.8 Å². The highest BCUT2D eigenvalue weighted by Crippen LogP contribution is 2.35. The van der Waals surface area contributed by atoms with E-state index in [-0.39, 0.29) is 11.9 Å². The Kier molecular flexibility index (Phi) is 2.93. The molecule has 1 aliphatic heterocycles. The minimum atomic E-state index is -0.262. The van der Waals surface area contributed by atoms with Crippen LogP contribution in [0.15, 0.2) is 23.1 Å². The van der Waals surface area contributed by atoms with Crippen LogP contribution in [0.1, 0.15) is 0 Å². The van der Waals surface area contributed by atoms with Crippen LogP contribution in [-0.4, -0.2) is 25.6 Å². The number of hydrogen-bond donors (Lipinski definition) is 0. The molecule has 0 aliphatic carbocycles. The van der Waals surface area contributed by atoms with Crippen LogP contribution in [-0.2, 0) is 4.74 Å². The summed E-state index contributed by atoms with van der Waals surface area (Å²) in [5.41, 5.74) is 0. The lowest BCUT2D eigenvalue weighted by Crippen LogP contribution is -2.27. The Morgan fingerprint density at radius 3 is 3.29 bits per heavy atom. The van der Waals surface area contributed by atoms with E-state index < -0.39 is 0 Å². The van der Waals surface area contributed by atoms with E-state index in [9.17, 15) is 4.39 Å². The summed E-state index contributed by atoms with van der Waals surface area (Å²) >= 11 is 1.67. The zero-order chi connectivity index (χ0) is 9.97. The molecule has 0 unspecified atom stereocenters. The molecule has 0 N–H and O–H groups in total. The zero-order valence-electron chi connectivity index (χ0n) is 7.83. The second-order valence-corrected chi connectivity index (χ2v) is 4.16. The van der Waals surface area contributed by atoms with Gasteiger partial charge in [-0.1, -0.05) is 0 Å². The van der Waals surface area contributed by atoms with Crippen molar-refractivity contribution in [2.75, 3.05) is 19.5 Å². The first kappa shape index (κ1) is 9.80. The third-order valence-corrected chi connectivity index (χ3v) is 3.16. The second kappa shape index (κ2) is 4.19. The molecule has 0 aromatic heterocycles. The van der Waals surface area contributed by atoms with Crippen LogP contribution in [0, 0.1) is 5.82 Å². The number of halogens is 1. The second-order valence-electron chi connectivity index (χ2n) is 3.10. The van der Waals surface area contributed by atoms with Crippen molar-refractivity contribution in [1.82, 2.24) is 0 Å². The maximum atomic E-state index is 12.9. The average molecular weight is 214 g/mol. The van der Waals surface area contributed by atoms with Crippen LogP contribution in [0.3, 0.4) is 0 Å². The highest BCUT2D eigenvalue weighted by atomic mass is 32.2. The molecule has 0 bridgehead atoms. The van der Waals surface area contributed by atoms with Crippen molar-refractivity contribution in [3.63, 3.8) is 0 Å². The predicted octanol–water partition coefficient (Wildman–Crippen LogP) is 2.33. The van der Waals surface area contributed by atoms with E-state index in [0.717, 1.165) is 10.6 Å². The SMILES string of the molecule is COC[C@@H]1CSc2ccc(F)cc2O1. The lowest BCUT2D eigenvalue weighted by molar-refractivity contribution is 0.0903. The van der Waals surface area contributed by atoms with Gasteiger partial charge in [0.2, 0.25) is 0 Å². The van der Waals surface area contributed by atoms with E-state index in [1.54, 1.807) is 24.9 Å². The normalized spacial score (nSPS) is 20.0. The smallest absolute Gasteiger partial charge is 0.136 e. The molecule has 1 heterocycles. The van der Waals surface area contributed by atoms with Gasteiger partial charge in [0.15, 0.2) is 0 Å². The molecule has 1 atom stereocenters. The van der Waals surface area contributed by atoms with Gasteiger partial charge in [0.25, 0.3) is 0 Å². The Morgan fingerprint density at radius 2 is 2.50 bits per heavy atom. The molecule has 0 spiro atoms. The van der Waals surface area contributed by atoms with Gasteiger partial charge < -0.3 is 9.47 Å². The lowest BCUT2D eigenvalue weighted by Gasteiger charge is -2.24. The summed E-state index contributed by atoms with van der Waals surface area (Å²) in [7, 11) is 1.63.